The number of halogens is 1. The van der Waals surface area contributed by atoms with Crippen molar-refractivity contribution < 1.29 is 17.6 Å². The highest BCUT2D eigenvalue weighted by Crippen LogP contribution is 2.25. The third-order valence-electron chi connectivity index (χ3n) is 3.50. The van der Waals surface area contributed by atoms with Gasteiger partial charge < -0.3 is 14.3 Å². The maximum absolute atomic E-state index is 12.4. The van der Waals surface area contributed by atoms with Gasteiger partial charge in [-0.15, -0.1) is 0 Å². The molecule has 3 rings (SSSR count). The standard InChI is InChI=1S/C18H19ClN4O4S/c1-18(2,3)22-28(25,26)16-7-6-15(27-16)17(24)21-12-4-5-14(13(19)10-12)23-9-8-20-11-23/h4-11,22H,1-3H3,(H,21,24). The molecule has 1 amide bonds. The summed E-state index contributed by atoms with van der Waals surface area (Å²) in [4.78, 5) is 16.3. The molecule has 2 N–H and O–H groups in total. The fourth-order valence-corrected chi connectivity index (χ4v) is 4.06. The third kappa shape index (κ3) is 4.61. The second-order valence-electron chi connectivity index (χ2n) is 7.06. The maximum atomic E-state index is 12.4. The highest BCUT2D eigenvalue weighted by Gasteiger charge is 2.26. The molecule has 0 fully saturated rings. The van der Waals surface area contributed by atoms with E-state index >= 15 is 0 Å². The highest BCUT2D eigenvalue weighted by atomic mass is 35.5. The lowest BCUT2D eigenvalue weighted by Gasteiger charge is -2.18. The highest BCUT2D eigenvalue weighted by molar-refractivity contribution is 7.89. The first-order valence-electron chi connectivity index (χ1n) is 8.28. The summed E-state index contributed by atoms with van der Waals surface area (Å²) in [5, 5.41) is 2.71. The molecule has 10 heteroatoms. The maximum Gasteiger partial charge on any atom is 0.291 e. The molecule has 0 radical (unpaired) electrons. The molecular formula is C18H19ClN4O4S. The number of anilines is 1. The van der Waals surface area contributed by atoms with Crippen LogP contribution in [0.5, 0.6) is 0 Å². The Morgan fingerprint density at radius 2 is 1.96 bits per heavy atom. The van der Waals surface area contributed by atoms with Crippen LogP contribution in [0.1, 0.15) is 31.3 Å². The van der Waals surface area contributed by atoms with Gasteiger partial charge in [-0.2, -0.15) is 0 Å². The molecule has 3 aromatic rings. The SMILES string of the molecule is CC(C)(C)NS(=O)(=O)c1ccc(C(=O)Nc2ccc(-n3ccnc3)c(Cl)c2)o1. The van der Waals surface area contributed by atoms with E-state index in [1.165, 1.54) is 12.1 Å². The van der Waals surface area contributed by atoms with E-state index in [2.05, 4.69) is 15.0 Å². The minimum Gasteiger partial charge on any atom is -0.438 e. The van der Waals surface area contributed by atoms with Crippen molar-refractivity contribution in [2.24, 2.45) is 0 Å². The Kier molecular flexibility index (Phi) is 5.33. The topological polar surface area (TPSA) is 106 Å². The summed E-state index contributed by atoms with van der Waals surface area (Å²) in [7, 11) is -3.87. The Hall–Kier alpha value is -2.62. The molecule has 0 atom stereocenters. The van der Waals surface area contributed by atoms with Crippen molar-refractivity contribution in [2.75, 3.05) is 5.32 Å². The molecule has 0 aliphatic carbocycles. The number of imidazole rings is 1. The predicted octanol–water partition coefficient (Wildman–Crippen LogP) is 3.45. The molecular weight excluding hydrogens is 404 g/mol. The smallest absolute Gasteiger partial charge is 0.291 e. The fourth-order valence-electron chi connectivity index (χ4n) is 2.43. The van der Waals surface area contributed by atoms with E-state index in [-0.39, 0.29) is 10.9 Å². The molecule has 0 spiro atoms. The summed E-state index contributed by atoms with van der Waals surface area (Å²) in [6.07, 6.45) is 4.98. The molecule has 28 heavy (non-hydrogen) atoms. The van der Waals surface area contributed by atoms with Crippen LogP contribution in [-0.2, 0) is 10.0 Å². The van der Waals surface area contributed by atoms with E-state index < -0.39 is 21.5 Å². The lowest BCUT2D eigenvalue weighted by Crippen LogP contribution is -2.40. The molecule has 0 saturated carbocycles. The average Bonchev–Trinajstić information content (AvgIpc) is 3.25. The van der Waals surface area contributed by atoms with E-state index in [0.29, 0.717) is 16.4 Å². The summed E-state index contributed by atoms with van der Waals surface area (Å²) in [5.41, 5.74) is 0.464. The summed E-state index contributed by atoms with van der Waals surface area (Å²) >= 11 is 6.26. The van der Waals surface area contributed by atoms with Crippen LogP contribution >= 0.6 is 11.6 Å². The Morgan fingerprint density at radius 3 is 2.57 bits per heavy atom. The molecule has 2 aromatic heterocycles. The number of benzene rings is 1. The molecule has 148 valence electrons. The Balaban J connectivity index is 1.76. The Labute approximate surface area is 167 Å². The number of hydrogen-bond donors (Lipinski definition) is 2. The first-order chi connectivity index (χ1) is 13.0. The Bertz CT molecular complexity index is 1100. The van der Waals surface area contributed by atoms with Gasteiger partial charge >= 0.3 is 0 Å². The van der Waals surface area contributed by atoms with Gasteiger partial charge in [-0.25, -0.2) is 18.1 Å². The molecule has 0 aliphatic heterocycles. The number of nitrogens with one attached hydrogen (secondary N) is 2. The first kappa shape index (κ1) is 20.1. The third-order valence-corrected chi connectivity index (χ3v) is 5.43. The molecule has 0 unspecified atom stereocenters. The van der Waals surface area contributed by atoms with Crippen molar-refractivity contribution in [3.63, 3.8) is 0 Å². The number of carbonyl (C=O) groups is 1. The molecule has 8 nitrogen and oxygen atoms in total. The van der Waals surface area contributed by atoms with Gasteiger partial charge in [-0.3, -0.25) is 4.79 Å². The van der Waals surface area contributed by atoms with Gasteiger partial charge in [0.15, 0.2) is 5.76 Å². The number of rotatable bonds is 5. The van der Waals surface area contributed by atoms with Crippen LogP contribution in [-0.4, -0.2) is 29.4 Å². The van der Waals surface area contributed by atoms with Crippen LogP contribution in [0.3, 0.4) is 0 Å². The minimum atomic E-state index is -3.87. The summed E-state index contributed by atoms with van der Waals surface area (Å²) < 4.78 is 34.0. The lowest BCUT2D eigenvalue weighted by atomic mass is 10.1. The van der Waals surface area contributed by atoms with Crippen LogP contribution < -0.4 is 10.0 Å². The van der Waals surface area contributed by atoms with Gasteiger partial charge in [-0.05, 0) is 51.1 Å². The number of sulfonamides is 1. The predicted molar refractivity (Wildman–Crippen MR) is 105 cm³/mol. The van der Waals surface area contributed by atoms with E-state index in [0.717, 1.165) is 0 Å². The van der Waals surface area contributed by atoms with Crippen LogP contribution in [0.4, 0.5) is 5.69 Å². The summed E-state index contributed by atoms with van der Waals surface area (Å²) in [6, 6.07) is 7.51. The quantitative estimate of drug-likeness (QED) is 0.655. The van der Waals surface area contributed by atoms with Crippen molar-refractivity contribution in [3.05, 3.63) is 59.8 Å². The largest absolute Gasteiger partial charge is 0.438 e. The zero-order valence-electron chi connectivity index (χ0n) is 15.4. The zero-order valence-corrected chi connectivity index (χ0v) is 17.0. The molecule has 0 saturated heterocycles. The van der Waals surface area contributed by atoms with E-state index in [4.69, 9.17) is 16.0 Å². The van der Waals surface area contributed by atoms with E-state index in [1.807, 2.05) is 0 Å². The van der Waals surface area contributed by atoms with Gasteiger partial charge in [-0.1, -0.05) is 11.6 Å². The normalized spacial score (nSPS) is 12.1. The summed E-state index contributed by atoms with van der Waals surface area (Å²) in [6.45, 7) is 5.12. The second-order valence-corrected chi connectivity index (χ2v) is 9.09. The number of nitrogens with zero attached hydrogens (tertiary/aromatic N) is 2. The van der Waals surface area contributed by atoms with Crippen molar-refractivity contribution in [2.45, 2.75) is 31.4 Å². The average molecular weight is 423 g/mol. The number of furan rings is 1. The fraction of sp³-hybridized carbons (Fsp3) is 0.222. The van der Waals surface area contributed by atoms with Gasteiger partial charge in [0.2, 0.25) is 5.09 Å². The number of hydrogen-bond acceptors (Lipinski definition) is 5. The number of carbonyl (C=O) groups excluding carboxylic acids is 1. The molecule has 1 aromatic carbocycles. The van der Waals surface area contributed by atoms with Gasteiger partial charge in [0.25, 0.3) is 15.9 Å². The minimum absolute atomic E-state index is 0.135. The zero-order chi connectivity index (χ0) is 20.5. The van der Waals surface area contributed by atoms with Crippen molar-refractivity contribution in [1.29, 1.82) is 0 Å². The van der Waals surface area contributed by atoms with E-state index in [9.17, 15) is 13.2 Å². The second kappa shape index (κ2) is 7.42. The Morgan fingerprint density at radius 1 is 1.21 bits per heavy atom. The van der Waals surface area contributed by atoms with Crippen LogP contribution in [0.15, 0.2) is 58.6 Å². The van der Waals surface area contributed by atoms with Crippen LogP contribution in [0, 0.1) is 0 Å². The monoisotopic (exact) mass is 422 g/mol. The van der Waals surface area contributed by atoms with Crippen LogP contribution in [0.2, 0.25) is 5.02 Å². The van der Waals surface area contributed by atoms with Gasteiger partial charge in [0.1, 0.15) is 0 Å². The number of aromatic nitrogens is 2. The van der Waals surface area contributed by atoms with Crippen LogP contribution in [0.25, 0.3) is 5.69 Å². The van der Waals surface area contributed by atoms with Crippen molar-refractivity contribution >= 4 is 33.2 Å². The summed E-state index contributed by atoms with van der Waals surface area (Å²) in [5.74, 6) is -0.729. The van der Waals surface area contributed by atoms with E-state index in [1.54, 1.807) is 62.3 Å². The lowest BCUT2D eigenvalue weighted by molar-refractivity contribution is 0.0991. The molecule has 0 aliphatic rings. The van der Waals surface area contributed by atoms with Gasteiger partial charge in [0, 0.05) is 23.6 Å². The van der Waals surface area contributed by atoms with Gasteiger partial charge in [0.05, 0.1) is 17.0 Å². The number of amides is 1. The first-order valence-corrected chi connectivity index (χ1v) is 10.1. The van der Waals surface area contributed by atoms with Crippen molar-refractivity contribution in [3.8, 4) is 5.69 Å². The molecule has 2 heterocycles. The molecule has 0 bridgehead atoms. The van der Waals surface area contributed by atoms with Crippen molar-refractivity contribution in [1.82, 2.24) is 14.3 Å².